The summed E-state index contributed by atoms with van der Waals surface area (Å²) in [4.78, 5) is 41.3. The van der Waals surface area contributed by atoms with Gasteiger partial charge in [-0.25, -0.2) is 19.3 Å². The number of hydrogen-bond donors (Lipinski definition) is 6. The van der Waals surface area contributed by atoms with Gasteiger partial charge in [-0.15, -0.1) is 5.10 Å². The normalized spacial score (nSPS) is 29.9. The second kappa shape index (κ2) is 10.5. The standard InChI is InChI=1S/C19H23FN11O8PS/c20-9-12(33)8(38-18(9)31-14-10(28-29-31)13(21)23-4-24-14)3-36-40(35,41)39-7-1-6(2-32)37-17(7)30-5-25-11-15(30)26-19(22)27-16(11)34/h4-9,12,17-18,32-33H,1-3H2,(H,35,41)(H2,21,23,24)(H3,22,26,27,34)/t6-,7?,8+,9?,12?,17+,18+,40?/m0/s1. The molecule has 4 aromatic rings. The zero-order valence-corrected chi connectivity index (χ0v) is 22.4. The van der Waals surface area contributed by atoms with Crippen LogP contribution in [-0.4, -0.2) is 103 Å². The number of H-pyrrole nitrogens is 1. The minimum atomic E-state index is -4.08. The summed E-state index contributed by atoms with van der Waals surface area (Å²) >= 11 is 5.16. The number of ether oxygens (including phenoxy) is 2. The lowest BCUT2D eigenvalue weighted by atomic mass is 10.1. The summed E-state index contributed by atoms with van der Waals surface area (Å²) < 4.78 is 40.0. The molecule has 0 saturated carbocycles. The number of fused-ring (bicyclic) bond motifs is 2. The van der Waals surface area contributed by atoms with Crippen molar-refractivity contribution in [3.05, 3.63) is 23.0 Å². The van der Waals surface area contributed by atoms with Gasteiger partial charge in [0.1, 0.15) is 24.6 Å². The average molecular weight is 616 g/mol. The van der Waals surface area contributed by atoms with Crippen LogP contribution in [0.15, 0.2) is 17.4 Å². The molecule has 2 aliphatic rings. The van der Waals surface area contributed by atoms with Gasteiger partial charge in [0.15, 0.2) is 46.8 Å². The molecule has 0 spiro atoms. The van der Waals surface area contributed by atoms with E-state index in [1.165, 1.54) is 10.9 Å². The number of aliphatic hydroxyl groups excluding tert-OH is 2. The Kier molecular flexibility index (Phi) is 7.16. The molecule has 8 atom stereocenters. The summed E-state index contributed by atoms with van der Waals surface area (Å²) in [5.41, 5.74) is 11.1. The largest absolute Gasteiger partial charge is 0.394 e. The average Bonchev–Trinajstić information content (AvgIpc) is 3.69. The van der Waals surface area contributed by atoms with Gasteiger partial charge >= 0.3 is 6.72 Å². The second-order valence-corrected chi connectivity index (χ2v) is 12.0. The molecule has 220 valence electrons. The number of nitrogens with two attached hydrogens (primary N) is 2. The molecular formula is C19H23FN11O8PS. The van der Waals surface area contributed by atoms with Crippen molar-refractivity contribution in [1.29, 1.82) is 0 Å². The number of nitrogens with zero attached hydrogens (tertiary/aromatic N) is 8. The molecule has 8 N–H and O–H groups in total. The summed E-state index contributed by atoms with van der Waals surface area (Å²) in [6.45, 7) is -5.02. The Morgan fingerprint density at radius 1 is 1.22 bits per heavy atom. The maximum absolute atomic E-state index is 15.1. The molecule has 0 radical (unpaired) electrons. The number of aromatic nitrogens is 9. The molecule has 6 rings (SSSR count). The van der Waals surface area contributed by atoms with Crippen molar-refractivity contribution in [2.45, 2.75) is 49.5 Å². The highest BCUT2D eigenvalue weighted by atomic mass is 32.5. The van der Waals surface area contributed by atoms with Gasteiger partial charge in [0.2, 0.25) is 5.95 Å². The first-order valence-corrected chi connectivity index (χ1v) is 14.6. The number of hydrogen-bond acceptors (Lipinski definition) is 16. The van der Waals surface area contributed by atoms with Gasteiger partial charge in [-0.1, -0.05) is 5.21 Å². The number of nitrogen functional groups attached to an aromatic ring is 2. The Morgan fingerprint density at radius 2 is 2.02 bits per heavy atom. The molecule has 19 nitrogen and oxygen atoms in total. The highest BCUT2D eigenvalue weighted by molar-refractivity contribution is 8.07. The zero-order chi connectivity index (χ0) is 29.1. The van der Waals surface area contributed by atoms with Gasteiger partial charge in [0.25, 0.3) is 5.56 Å². The van der Waals surface area contributed by atoms with Gasteiger partial charge < -0.3 is 45.1 Å². The van der Waals surface area contributed by atoms with E-state index in [0.29, 0.717) is 0 Å². The first-order chi connectivity index (χ1) is 19.6. The number of imidazole rings is 1. The Labute approximate surface area is 232 Å². The van der Waals surface area contributed by atoms with E-state index in [1.54, 1.807) is 0 Å². The van der Waals surface area contributed by atoms with E-state index in [0.717, 1.165) is 11.0 Å². The molecule has 0 aliphatic carbocycles. The smallest absolute Gasteiger partial charge is 0.325 e. The van der Waals surface area contributed by atoms with Crippen molar-refractivity contribution in [2.24, 2.45) is 0 Å². The summed E-state index contributed by atoms with van der Waals surface area (Å²) in [5, 5.41) is 27.8. The van der Waals surface area contributed by atoms with Crippen LogP contribution in [0.5, 0.6) is 0 Å². The lowest BCUT2D eigenvalue weighted by molar-refractivity contribution is -0.0576. The highest BCUT2D eigenvalue weighted by Gasteiger charge is 2.48. The minimum absolute atomic E-state index is 0.0225. The summed E-state index contributed by atoms with van der Waals surface area (Å²) in [6, 6.07) is 0. The van der Waals surface area contributed by atoms with E-state index >= 15 is 4.39 Å². The monoisotopic (exact) mass is 615 g/mol. The van der Waals surface area contributed by atoms with Gasteiger partial charge in [-0.3, -0.25) is 14.3 Å². The minimum Gasteiger partial charge on any atom is -0.394 e. The van der Waals surface area contributed by atoms with Crippen molar-refractivity contribution >= 4 is 52.6 Å². The summed E-state index contributed by atoms with van der Waals surface area (Å²) in [6.07, 6.45) is -6.66. The van der Waals surface area contributed by atoms with Crippen molar-refractivity contribution < 1.29 is 38.0 Å². The van der Waals surface area contributed by atoms with Gasteiger partial charge in [0.05, 0.1) is 25.6 Å². The maximum Gasteiger partial charge on any atom is 0.325 e. The van der Waals surface area contributed by atoms with Gasteiger partial charge in [0, 0.05) is 6.42 Å². The quantitative estimate of drug-likeness (QED) is 0.117. The van der Waals surface area contributed by atoms with Crippen LogP contribution >= 0.6 is 6.72 Å². The topological polar surface area (TPSA) is 270 Å². The number of nitrogens with one attached hydrogen (secondary N) is 1. The number of aromatic amines is 1. The molecule has 0 amide bonds. The van der Waals surface area contributed by atoms with Crippen molar-refractivity contribution in [2.75, 3.05) is 24.7 Å². The number of aliphatic hydroxyl groups is 2. The fourth-order valence-electron chi connectivity index (χ4n) is 4.66. The highest BCUT2D eigenvalue weighted by Crippen LogP contribution is 2.50. The lowest BCUT2D eigenvalue weighted by Gasteiger charge is -2.25. The molecule has 4 aromatic heterocycles. The van der Waals surface area contributed by atoms with E-state index in [2.05, 4.69) is 35.2 Å². The van der Waals surface area contributed by atoms with E-state index < -0.39 is 61.9 Å². The molecule has 4 unspecified atom stereocenters. The third kappa shape index (κ3) is 5.04. The van der Waals surface area contributed by atoms with Crippen LogP contribution in [-0.2, 0) is 30.3 Å². The van der Waals surface area contributed by atoms with Crippen molar-refractivity contribution in [3.8, 4) is 0 Å². The van der Waals surface area contributed by atoms with Crippen LogP contribution < -0.4 is 17.0 Å². The Balaban J connectivity index is 1.16. The first-order valence-electron chi connectivity index (χ1n) is 12.0. The molecule has 0 aromatic carbocycles. The summed E-state index contributed by atoms with van der Waals surface area (Å²) in [5.74, 6) is -0.135. The molecule has 2 saturated heterocycles. The number of alkyl halides is 1. The number of rotatable bonds is 8. The molecular weight excluding hydrogens is 592 g/mol. The Bertz CT molecular complexity index is 1700. The third-order valence-electron chi connectivity index (χ3n) is 6.57. The fraction of sp³-hybridized carbons (Fsp3) is 0.526. The van der Waals surface area contributed by atoms with Crippen LogP contribution in [0.1, 0.15) is 18.9 Å². The van der Waals surface area contributed by atoms with Gasteiger partial charge in [-0.05, 0) is 11.8 Å². The van der Waals surface area contributed by atoms with Crippen molar-refractivity contribution in [3.63, 3.8) is 0 Å². The Morgan fingerprint density at radius 3 is 2.80 bits per heavy atom. The zero-order valence-electron chi connectivity index (χ0n) is 20.7. The predicted octanol–water partition coefficient (Wildman–Crippen LogP) is -1.99. The lowest BCUT2D eigenvalue weighted by Crippen LogP contribution is -2.31. The molecule has 2 fully saturated rings. The molecule has 0 bridgehead atoms. The van der Waals surface area contributed by atoms with Crippen LogP contribution in [0.4, 0.5) is 16.2 Å². The third-order valence-corrected chi connectivity index (χ3v) is 8.16. The van der Waals surface area contributed by atoms with Crippen LogP contribution in [0.3, 0.4) is 0 Å². The van der Waals surface area contributed by atoms with E-state index in [9.17, 15) is 19.9 Å². The molecule has 41 heavy (non-hydrogen) atoms. The van der Waals surface area contributed by atoms with Crippen molar-refractivity contribution in [1.82, 2.24) is 44.5 Å². The SMILES string of the molecule is Nc1nc2c(ncn2[C@@H]2O[C@H](CO)CC2OP(O)(=S)OC[C@H]2O[C@@H](n3nnc4c(N)ncnc43)C(F)C2O)c(=O)[nH]1. The van der Waals surface area contributed by atoms with Crippen LogP contribution in [0.2, 0.25) is 0 Å². The van der Waals surface area contributed by atoms with Crippen LogP contribution in [0.25, 0.3) is 22.3 Å². The number of halogens is 1. The predicted molar refractivity (Wildman–Crippen MR) is 138 cm³/mol. The molecule has 22 heteroatoms. The first kappa shape index (κ1) is 27.9. The molecule has 6 heterocycles. The second-order valence-electron chi connectivity index (χ2n) is 9.22. The molecule has 2 aliphatic heterocycles. The van der Waals surface area contributed by atoms with E-state index in [1.807, 2.05) is 0 Å². The van der Waals surface area contributed by atoms with E-state index in [-0.39, 0.29) is 47.1 Å². The maximum atomic E-state index is 15.1. The fourth-order valence-corrected chi connectivity index (χ4v) is 6.11. The number of anilines is 2. The van der Waals surface area contributed by atoms with E-state index in [4.69, 9.17) is 41.8 Å². The summed E-state index contributed by atoms with van der Waals surface area (Å²) in [7, 11) is 0. The van der Waals surface area contributed by atoms with Gasteiger partial charge in [-0.2, -0.15) is 9.67 Å². The van der Waals surface area contributed by atoms with Crippen LogP contribution in [0, 0.1) is 0 Å². The Hall–Kier alpha value is -3.27.